The van der Waals surface area contributed by atoms with Crippen molar-refractivity contribution >= 4 is 39.1 Å². The number of carbonyl (C=O) groups excluding carboxylic acids is 1. The van der Waals surface area contributed by atoms with Gasteiger partial charge in [0.05, 0.1) is 10.4 Å². The minimum absolute atomic E-state index is 0.00350. The minimum Gasteiger partial charge on any atom is -0.490 e. The van der Waals surface area contributed by atoms with E-state index in [0.29, 0.717) is 43.9 Å². The summed E-state index contributed by atoms with van der Waals surface area (Å²) >= 11 is 1.41. The number of carboxylic acid groups (broad SMARTS) is 1. The molecule has 2 fully saturated rings. The summed E-state index contributed by atoms with van der Waals surface area (Å²) in [6, 6.07) is 12.8. The summed E-state index contributed by atoms with van der Waals surface area (Å²) in [4.78, 5) is 27.9. The molecule has 0 unspecified atom stereocenters. The van der Waals surface area contributed by atoms with E-state index < -0.39 is 17.8 Å². The Morgan fingerprint density at radius 3 is 2.26 bits per heavy atom. The summed E-state index contributed by atoms with van der Waals surface area (Å²) in [6.07, 6.45) is -2.58. The Morgan fingerprint density at radius 1 is 0.947 bits per heavy atom. The third-order valence-corrected chi connectivity index (χ3v) is 8.23. The molecule has 0 aliphatic carbocycles. The molecule has 2 amide bonds. The van der Waals surface area contributed by atoms with Crippen LogP contribution in [0.5, 0.6) is 5.75 Å². The van der Waals surface area contributed by atoms with Gasteiger partial charge >= 0.3 is 12.3 Å². The Hall–Kier alpha value is -3.47. The molecule has 0 spiro atoms. The number of piperidine rings is 2. The SMILES string of the molecule is O=C(NC1CCN(C(=O)O)CC1)c1cc2cc(OC3CCN(c4ccc(C(F)(F)F)cc4)CC3)ccc2s1. The van der Waals surface area contributed by atoms with Gasteiger partial charge in [-0.3, -0.25) is 4.79 Å². The highest BCUT2D eigenvalue weighted by atomic mass is 32.1. The summed E-state index contributed by atoms with van der Waals surface area (Å²) in [5, 5.41) is 13.0. The van der Waals surface area contributed by atoms with Crippen molar-refractivity contribution in [2.75, 3.05) is 31.1 Å². The van der Waals surface area contributed by atoms with Gasteiger partial charge in [0.15, 0.2) is 0 Å². The maximum Gasteiger partial charge on any atom is 0.416 e. The van der Waals surface area contributed by atoms with Crippen LogP contribution in [0, 0.1) is 0 Å². The maximum absolute atomic E-state index is 12.8. The van der Waals surface area contributed by atoms with Gasteiger partial charge in [0.25, 0.3) is 5.91 Å². The first-order valence-electron chi connectivity index (χ1n) is 12.6. The van der Waals surface area contributed by atoms with Gasteiger partial charge < -0.3 is 25.0 Å². The molecule has 1 aromatic heterocycles. The van der Waals surface area contributed by atoms with E-state index in [1.165, 1.54) is 28.4 Å². The van der Waals surface area contributed by atoms with Crippen LogP contribution in [-0.2, 0) is 6.18 Å². The van der Waals surface area contributed by atoms with Crippen molar-refractivity contribution < 1.29 is 32.6 Å². The lowest BCUT2D eigenvalue weighted by Gasteiger charge is -2.33. The van der Waals surface area contributed by atoms with Crippen molar-refractivity contribution in [2.24, 2.45) is 0 Å². The van der Waals surface area contributed by atoms with E-state index in [9.17, 15) is 22.8 Å². The number of nitrogens with zero attached hydrogens (tertiary/aromatic N) is 2. The van der Waals surface area contributed by atoms with Crippen molar-refractivity contribution in [3.05, 3.63) is 59.0 Å². The first-order valence-corrected chi connectivity index (χ1v) is 13.4. The molecular formula is C27H28F3N3O4S. The lowest BCUT2D eigenvalue weighted by Crippen LogP contribution is -2.46. The molecule has 11 heteroatoms. The molecule has 0 atom stereocenters. The molecule has 202 valence electrons. The standard InChI is InChI=1S/C27H28F3N3O4S/c28-27(29,30)18-1-3-20(4-2-18)32-13-9-21(10-14-32)37-22-5-6-23-17(15-22)16-24(38-23)25(34)31-19-7-11-33(12-8-19)26(35)36/h1-6,15-16,19,21H,7-14H2,(H,31,34)(H,35,36). The Labute approximate surface area is 221 Å². The van der Waals surface area contributed by atoms with Crippen LogP contribution in [0.25, 0.3) is 10.1 Å². The fourth-order valence-corrected chi connectivity index (χ4v) is 5.91. The first kappa shape index (κ1) is 26.1. The van der Waals surface area contributed by atoms with Gasteiger partial charge in [-0.15, -0.1) is 11.3 Å². The second kappa shape index (κ2) is 10.7. The van der Waals surface area contributed by atoms with Crippen LogP contribution in [0.1, 0.15) is 40.9 Å². The number of likely N-dealkylation sites (tertiary alicyclic amines) is 1. The third-order valence-electron chi connectivity index (χ3n) is 7.12. The lowest BCUT2D eigenvalue weighted by molar-refractivity contribution is -0.137. The molecule has 5 rings (SSSR count). The number of alkyl halides is 3. The van der Waals surface area contributed by atoms with E-state index in [2.05, 4.69) is 10.2 Å². The average molecular weight is 548 g/mol. The number of anilines is 1. The number of amides is 2. The Bertz CT molecular complexity index is 1300. The Balaban J connectivity index is 1.14. The molecule has 3 heterocycles. The minimum atomic E-state index is -4.34. The molecule has 2 aromatic carbocycles. The van der Waals surface area contributed by atoms with Crippen LogP contribution in [0.2, 0.25) is 0 Å². The summed E-state index contributed by atoms with van der Waals surface area (Å²) in [7, 11) is 0. The van der Waals surface area contributed by atoms with E-state index >= 15 is 0 Å². The number of rotatable bonds is 5. The van der Waals surface area contributed by atoms with Gasteiger partial charge in [-0.1, -0.05) is 0 Å². The van der Waals surface area contributed by atoms with Gasteiger partial charge in [0, 0.05) is 55.4 Å². The fraction of sp³-hybridized carbons (Fsp3) is 0.407. The van der Waals surface area contributed by atoms with Crippen LogP contribution >= 0.6 is 11.3 Å². The summed E-state index contributed by atoms with van der Waals surface area (Å²) < 4.78 is 45.6. The van der Waals surface area contributed by atoms with E-state index in [-0.39, 0.29) is 18.1 Å². The monoisotopic (exact) mass is 547 g/mol. The Kier molecular flexibility index (Phi) is 7.38. The second-order valence-electron chi connectivity index (χ2n) is 9.68. The van der Waals surface area contributed by atoms with Crippen LogP contribution in [-0.4, -0.2) is 60.3 Å². The zero-order valence-corrected chi connectivity index (χ0v) is 21.4. The van der Waals surface area contributed by atoms with Crippen molar-refractivity contribution in [3.63, 3.8) is 0 Å². The fourth-order valence-electron chi connectivity index (χ4n) is 4.96. The lowest BCUT2D eigenvalue weighted by atomic mass is 10.1. The number of fused-ring (bicyclic) bond motifs is 1. The van der Waals surface area contributed by atoms with Crippen LogP contribution in [0.4, 0.5) is 23.7 Å². The van der Waals surface area contributed by atoms with Crippen LogP contribution in [0.15, 0.2) is 48.5 Å². The molecule has 7 nitrogen and oxygen atoms in total. The molecule has 0 radical (unpaired) electrons. The van der Waals surface area contributed by atoms with Crippen molar-refractivity contribution in [2.45, 2.75) is 44.0 Å². The topological polar surface area (TPSA) is 82.1 Å². The predicted molar refractivity (Wildman–Crippen MR) is 139 cm³/mol. The van der Waals surface area contributed by atoms with Gasteiger partial charge in [-0.2, -0.15) is 13.2 Å². The third kappa shape index (κ3) is 5.98. The first-order chi connectivity index (χ1) is 18.2. The maximum atomic E-state index is 12.8. The quantitative estimate of drug-likeness (QED) is 0.420. The highest BCUT2D eigenvalue weighted by Crippen LogP contribution is 2.33. The largest absolute Gasteiger partial charge is 0.490 e. The number of hydrogen-bond donors (Lipinski definition) is 2. The molecule has 2 aliphatic heterocycles. The number of nitrogens with one attached hydrogen (secondary N) is 1. The molecule has 0 saturated carbocycles. The molecule has 0 bridgehead atoms. The molecule has 2 N–H and O–H groups in total. The highest BCUT2D eigenvalue weighted by molar-refractivity contribution is 7.20. The van der Waals surface area contributed by atoms with Crippen molar-refractivity contribution in [1.29, 1.82) is 0 Å². The highest BCUT2D eigenvalue weighted by Gasteiger charge is 2.30. The molecule has 2 saturated heterocycles. The zero-order chi connectivity index (χ0) is 26.9. The Morgan fingerprint density at radius 2 is 1.63 bits per heavy atom. The van der Waals surface area contributed by atoms with E-state index in [1.54, 1.807) is 0 Å². The number of ether oxygens (including phenoxy) is 1. The number of halogens is 3. The van der Waals surface area contributed by atoms with Crippen LogP contribution < -0.4 is 15.0 Å². The zero-order valence-electron chi connectivity index (χ0n) is 20.5. The summed E-state index contributed by atoms with van der Waals surface area (Å²) in [6.45, 7) is 2.20. The van der Waals surface area contributed by atoms with Crippen molar-refractivity contribution in [3.8, 4) is 5.75 Å². The number of hydrogen-bond acceptors (Lipinski definition) is 5. The van der Waals surface area contributed by atoms with E-state index in [4.69, 9.17) is 9.84 Å². The molecule has 3 aromatic rings. The molecule has 2 aliphatic rings. The van der Waals surface area contributed by atoms with Gasteiger partial charge in [0.2, 0.25) is 0 Å². The van der Waals surface area contributed by atoms with Crippen LogP contribution in [0.3, 0.4) is 0 Å². The van der Waals surface area contributed by atoms with Gasteiger partial charge in [0.1, 0.15) is 11.9 Å². The second-order valence-corrected chi connectivity index (χ2v) is 10.8. The normalized spacial score (nSPS) is 17.6. The predicted octanol–water partition coefficient (Wildman–Crippen LogP) is 5.84. The average Bonchev–Trinajstić information content (AvgIpc) is 3.33. The number of thiophene rings is 1. The van der Waals surface area contributed by atoms with E-state index in [1.807, 2.05) is 24.3 Å². The van der Waals surface area contributed by atoms with E-state index in [0.717, 1.165) is 46.5 Å². The summed E-state index contributed by atoms with van der Waals surface area (Å²) in [5.41, 5.74) is 0.124. The smallest absolute Gasteiger partial charge is 0.416 e. The number of benzene rings is 2. The van der Waals surface area contributed by atoms with Gasteiger partial charge in [-0.25, -0.2) is 4.79 Å². The van der Waals surface area contributed by atoms with Crippen molar-refractivity contribution in [1.82, 2.24) is 10.2 Å². The molecular weight excluding hydrogens is 519 g/mol. The molecule has 38 heavy (non-hydrogen) atoms. The van der Waals surface area contributed by atoms with Gasteiger partial charge in [-0.05, 0) is 66.8 Å². The number of carbonyl (C=O) groups is 2. The summed E-state index contributed by atoms with van der Waals surface area (Å²) in [5.74, 6) is 0.564.